The first-order valence-electron chi connectivity index (χ1n) is 8.01. The van der Waals surface area contributed by atoms with E-state index in [0.717, 1.165) is 31.7 Å². The molecule has 21 heavy (non-hydrogen) atoms. The first kappa shape index (κ1) is 16.0. The van der Waals surface area contributed by atoms with Crippen LogP contribution in [0.15, 0.2) is 24.4 Å². The Kier molecular flexibility index (Phi) is 6.18. The van der Waals surface area contributed by atoms with E-state index in [2.05, 4.69) is 17.2 Å². The monoisotopic (exact) mass is 289 g/mol. The molecule has 4 nitrogen and oxygen atoms in total. The third kappa shape index (κ3) is 5.12. The van der Waals surface area contributed by atoms with Crippen LogP contribution in [-0.2, 0) is 11.2 Å². The van der Waals surface area contributed by atoms with Crippen LogP contribution in [0.4, 0.5) is 0 Å². The van der Waals surface area contributed by atoms with E-state index in [9.17, 15) is 4.79 Å². The quantitative estimate of drug-likeness (QED) is 0.872. The number of rotatable bonds is 6. The Morgan fingerprint density at radius 1 is 1.52 bits per heavy atom. The van der Waals surface area contributed by atoms with Gasteiger partial charge in [0.05, 0.1) is 0 Å². The second kappa shape index (κ2) is 8.13. The van der Waals surface area contributed by atoms with Crippen molar-refractivity contribution in [3.63, 3.8) is 0 Å². The Balaban J connectivity index is 1.74. The molecule has 2 rings (SSSR count). The second-order valence-corrected chi connectivity index (χ2v) is 6.17. The van der Waals surface area contributed by atoms with Gasteiger partial charge in [0.25, 0.3) is 0 Å². The van der Waals surface area contributed by atoms with Crippen molar-refractivity contribution in [2.45, 2.75) is 32.6 Å². The highest BCUT2D eigenvalue weighted by molar-refractivity contribution is 5.76. The largest absolute Gasteiger partial charge is 0.345 e. The molecule has 0 spiro atoms. The average molecular weight is 289 g/mol. The molecule has 1 saturated heterocycles. The molecule has 1 fully saturated rings. The Morgan fingerprint density at radius 2 is 2.38 bits per heavy atom. The zero-order chi connectivity index (χ0) is 15.1. The highest BCUT2D eigenvalue weighted by atomic mass is 16.2. The molecular formula is C17H27N3O. The van der Waals surface area contributed by atoms with E-state index in [4.69, 9.17) is 0 Å². The summed E-state index contributed by atoms with van der Waals surface area (Å²) >= 11 is 0. The summed E-state index contributed by atoms with van der Waals surface area (Å²) in [6, 6.07) is 5.91. The van der Waals surface area contributed by atoms with E-state index >= 15 is 0 Å². The van der Waals surface area contributed by atoms with Crippen LogP contribution < -0.4 is 5.32 Å². The maximum atomic E-state index is 12.3. The Hall–Kier alpha value is -1.42. The minimum Gasteiger partial charge on any atom is -0.345 e. The fraction of sp³-hybridized carbons (Fsp3) is 0.647. The highest BCUT2D eigenvalue weighted by Crippen LogP contribution is 2.23. The topological polar surface area (TPSA) is 45.2 Å². The van der Waals surface area contributed by atoms with Gasteiger partial charge >= 0.3 is 0 Å². The predicted octanol–water partition coefficient (Wildman–Crippen LogP) is 2.11. The summed E-state index contributed by atoms with van der Waals surface area (Å²) in [5.41, 5.74) is 1.04. The number of nitrogens with one attached hydrogen (secondary N) is 1. The number of carbonyl (C=O) groups excluding carboxylic acids is 1. The van der Waals surface area contributed by atoms with Gasteiger partial charge < -0.3 is 10.2 Å². The average Bonchev–Trinajstić information content (AvgIpc) is 2.54. The Morgan fingerprint density at radius 3 is 3.05 bits per heavy atom. The molecule has 1 N–H and O–H groups in total. The molecule has 0 aromatic carbocycles. The molecule has 116 valence electrons. The number of piperidine rings is 1. The molecule has 0 radical (unpaired) electrons. The van der Waals surface area contributed by atoms with Gasteiger partial charge in [-0.05, 0) is 49.9 Å². The van der Waals surface area contributed by atoms with Crippen LogP contribution in [0.25, 0.3) is 0 Å². The third-order valence-electron chi connectivity index (χ3n) is 4.49. The van der Waals surface area contributed by atoms with Crippen LogP contribution in [0, 0.1) is 11.8 Å². The molecular weight excluding hydrogens is 262 g/mol. The number of amides is 1. The number of nitrogens with zero attached hydrogens (tertiary/aromatic N) is 2. The van der Waals surface area contributed by atoms with Crippen LogP contribution >= 0.6 is 0 Å². The van der Waals surface area contributed by atoms with E-state index < -0.39 is 0 Å². The van der Waals surface area contributed by atoms with Gasteiger partial charge in [-0.3, -0.25) is 9.78 Å². The molecule has 2 heterocycles. The van der Waals surface area contributed by atoms with E-state index in [-0.39, 0.29) is 5.91 Å². The zero-order valence-electron chi connectivity index (χ0n) is 13.2. The van der Waals surface area contributed by atoms with Gasteiger partial charge in [-0.25, -0.2) is 0 Å². The summed E-state index contributed by atoms with van der Waals surface area (Å²) in [5, 5.41) is 3.43. The fourth-order valence-electron chi connectivity index (χ4n) is 2.92. The maximum Gasteiger partial charge on any atom is 0.222 e. The number of hydrogen-bond acceptors (Lipinski definition) is 3. The van der Waals surface area contributed by atoms with Gasteiger partial charge in [0.1, 0.15) is 0 Å². The number of likely N-dealkylation sites (N-methyl/N-ethyl adjacent to an activating group) is 1. The van der Waals surface area contributed by atoms with Crippen molar-refractivity contribution >= 4 is 5.91 Å². The van der Waals surface area contributed by atoms with Crippen molar-refractivity contribution in [2.24, 2.45) is 11.8 Å². The molecule has 2 atom stereocenters. The van der Waals surface area contributed by atoms with Gasteiger partial charge in [-0.15, -0.1) is 0 Å². The fourth-order valence-corrected chi connectivity index (χ4v) is 2.92. The lowest BCUT2D eigenvalue weighted by atomic mass is 9.85. The summed E-state index contributed by atoms with van der Waals surface area (Å²) in [6.07, 6.45) is 5.76. The van der Waals surface area contributed by atoms with Crippen molar-refractivity contribution in [2.75, 3.05) is 26.7 Å². The number of hydrogen-bond donors (Lipinski definition) is 1. The molecule has 0 bridgehead atoms. The van der Waals surface area contributed by atoms with Crippen molar-refractivity contribution in [3.8, 4) is 0 Å². The normalized spacial score (nSPS) is 20.0. The molecule has 1 aliphatic rings. The van der Waals surface area contributed by atoms with Gasteiger partial charge in [0.2, 0.25) is 5.91 Å². The first-order chi connectivity index (χ1) is 10.2. The van der Waals surface area contributed by atoms with Crippen molar-refractivity contribution < 1.29 is 4.79 Å². The van der Waals surface area contributed by atoms with E-state index in [1.165, 1.54) is 12.8 Å². The standard InChI is InChI=1S/C17H27N3O/c1-14(15-6-5-9-18-13-15)12-17(21)20(2)11-8-16-7-3-4-10-19-16/h3-4,7,10,14-15,18H,5-6,8-9,11-13H2,1-2H3. The van der Waals surface area contributed by atoms with Crippen molar-refractivity contribution in [1.82, 2.24) is 15.2 Å². The van der Waals surface area contributed by atoms with Gasteiger partial charge in [-0.1, -0.05) is 13.0 Å². The van der Waals surface area contributed by atoms with Crippen LogP contribution in [-0.4, -0.2) is 42.5 Å². The predicted molar refractivity (Wildman–Crippen MR) is 85.0 cm³/mol. The smallest absolute Gasteiger partial charge is 0.222 e. The summed E-state index contributed by atoms with van der Waals surface area (Å²) in [5.74, 6) is 1.36. The first-order valence-corrected chi connectivity index (χ1v) is 8.01. The lowest BCUT2D eigenvalue weighted by Crippen LogP contribution is -2.36. The SMILES string of the molecule is CC(CC(=O)N(C)CCc1ccccn1)C1CCCNC1. The minimum absolute atomic E-state index is 0.254. The molecule has 1 aromatic rings. The minimum atomic E-state index is 0.254. The summed E-state index contributed by atoms with van der Waals surface area (Å²) in [6.45, 7) is 5.14. The van der Waals surface area contributed by atoms with Gasteiger partial charge in [0.15, 0.2) is 0 Å². The number of aromatic nitrogens is 1. The highest BCUT2D eigenvalue weighted by Gasteiger charge is 2.23. The lowest BCUT2D eigenvalue weighted by molar-refractivity contribution is -0.131. The summed E-state index contributed by atoms with van der Waals surface area (Å²) < 4.78 is 0. The van der Waals surface area contributed by atoms with Crippen molar-refractivity contribution in [3.05, 3.63) is 30.1 Å². The van der Waals surface area contributed by atoms with Crippen LogP contribution in [0.1, 0.15) is 31.9 Å². The Labute approximate surface area is 127 Å². The lowest BCUT2D eigenvalue weighted by Gasteiger charge is -2.29. The summed E-state index contributed by atoms with van der Waals surface area (Å²) in [4.78, 5) is 18.4. The Bertz CT molecular complexity index is 429. The van der Waals surface area contributed by atoms with Gasteiger partial charge in [-0.2, -0.15) is 0 Å². The summed E-state index contributed by atoms with van der Waals surface area (Å²) in [7, 11) is 1.90. The van der Waals surface area contributed by atoms with E-state index in [1.54, 1.807) is 6.20 Å². The van der Waals surface area contributed by atoms with Crippen LogP contribution in [0.3, 0.4) is 0 Å². The molecule has 0 saturated carbocycles. The zero-order valence-corrected chi connectivity index (χ0v) is 13.2. The molecule has 0 aliphatic carbocycles. The molecule has 4 heteroatoms. The molecule has 1 aliphatic heterocycles. The van der Waals surface area contributed by atoms with E-state index in [1.807, 2.05) is 30.1 Å². The van der Waals surface area contributed by atoms with Gasteiger partial charge in [0, 0.05) is 38.3 Å². The molecule has 1 aromatic heterocycles. The second-order valence-electron chi connectivity index (χ2n) is 6.17. The van der Waals surface area contributed by atoms with E-state index in [0.29, 0.717) is 18.3 Å². The van der Waals surface area contributed by atoms with Crippen LogP contribution in [0.2, 0.25) is 0 Å². The number of pyridine rings is 1. The van der Waals surface area contributed by atoms with Crippen molar-refractivity contribution in [1.29, 1.82) is 0 Å². The van der Waals surface area contributed by atoms with Crippen LogP contribution in [0.5, 0.6) is 0 Å². The maximum absolute atomic E-state index is 12.3. The molecule has 1 amide bonds. The molecule has 2 unspecified atom stereocenters. The number of carbonyl (C=O) groups is 1. The third-order valence-corrected chi connectivity index (χ3v) is 4.49.